The molecule has 2 N–H and O–H groups in total. The van der Waals surface area contributed by atoms with E-state index in [1.807, 2.05) is 0 Å². The summed E-state index contributed by atoms with van der Waals surface area (Å²) in [6.07, 6.45) is -3.57. The summed E-state index contributed by atoms with van der Waals surface area (Å²) in [6, 6.07) is 7.18. The molecule has 0 atom stereocenters. The van der Waals surface area contributed by atoms with Crippen molar-refractivity contribution in [3.8, 4) is 11.8 Å². The fraction of sp³-hybridized carbons (Fsp3) is 0.190. The van der Waals surface area contributed by atoms with Crippen LogP contribution in [0.2, 0.25) is 0 Å². The second-order valence-corrected chi connectivity index (χ2v) is 6.65. The van der Waals surface area contributed by atoms with Gasteiger partial charge in [0.1, 0.15) is 11.6 Å². The highest BCUT2D eigenvalue weighted by Crippen LogP contribution is 2.31. The molecule has 1 aromatic heterocycles. The monoisotopic (exact) mass is 450 g/mol. The van der Waals surface area contributed by atoms with Gasteiger partial charge in [0.05, 0.1) is 35.9 Å². The number of carbonyl (C=O) groups excluding carboxylic acids is 1. The zero-order valence-electron chi connectivity index (χ0n) is 17.2. The molecule has 0 unspecified atom stereocenters. The van der Waals surface area contributed by atoms with Crippen molar-refractivity contribution in [3.63, 3.8) is 0 Å². The van der Waals surface area contributed by atoms with Crippen molar-refractivity contribution in [1.82, 2.24) is 9.97 Å². The number of aryl methyl sites for hydroxylation is 2. The Morgan fingerprint density at radius 1 is 1.03 bits per heavy atom. The van der Waals surface area contributed by atoms with E-state index < -0.39 is 23.8 Å². The molecule has 1 heterocycles. The lowest BCUT2D eigenvalue weighted by molar-refractivity contribution is -0.274. The van der Waals surface area contributed by atoms with E-state index >= 15 is 0 Å². The average molecular weight is 450 g/mol. The summed E-state index contributed by atoms with van der Waals surface area (Å²) in [5.41, 5.74) is 1.62. The van der Waals surface area contributed by atoms with Gasteiger partial charge < -0.3 is 20.1 Å². The first kappa shape index (κ1) is 22.8. The molecule has 1 amide bonds. The second-order valence-electron chi connectivity index (χ2n) is 6.65. The van der Waals surface area contributed by atoms with Gasteiger partial charge in [-0.3, -0.25) is 4.79 Å². The number of nitrogens with zero attached hydrogens (tertiary/aromatic N) is 2. The van der Waals surface area contributed by atoms with Gasteiger partial charge in [-0.1, -0.05) is 0 Å². The summed E-state index contributed by atoms with van der Waals surface area (Å²) in [5, 5.41) is 5.48. The maximum Gasteiger partial charge on any atom is 0.573 e. The highest BCUT2D eigenvalue weighted by atomic mass is 19.4. The Bertz CT molecular complexity index is 1150. The first-order chi connectivity index (χ1) is 15.1. The number of hydrogen-bond donors (Lipinski definition) is 2. The number of halogens is 4. The highest BCUT2D eigenvalue weighted by molar-refractivity contribution is 6.08. The Balaban J connectivity index is 1.96. The van der Waals surface area contributed by atoms with E-state index in [9.17, 15) is 22.4 Å². The number of rotatable bonds is 6. The minimum atomic E-state index is -4.91. The number of ether oxygens (including phenoxy) is 2. The van der Waals surface area contributed by atoms with Crippen molar-refractivity contribution in [3.05, 3.63) is 65.2 Å². The number of anilines is 3. The zero-order chi connectivity index (χ0) is 23.5. The van der Waals surface area contributed by atoms with Gasteiger partial charge in [-0.15, -0.1) is 13.2 Å². The molecule has 0 aliphatic heterocycles. The molecule has 2 aromatic carbocycles. The molecule has 168 valence electrons. The van der Waals surface area contributed by atoms with Crippen LogP contribution in [0.4, 0.5) is 34.6 Å². The van der Waals surface area contributed by atoms with Crippen LogP contribution < -0.4 is 20.1 Å². The fourth-order valence-corrected chi connectivity index (χ4v) is 2.79. The molecule has 0 aliphatic carbocycles. The standard InChI is InChI=1S/C21H18F4N4O3/c1-11-8-13(22)4-7-16(11)28-17-9-14(32-21(23,24)25)5-6-15(17)19(30)29-18-10-26-20(31-3)27-12(18)2/h4-10,28H,1-3H3,(H,29,30). The van der Waals surface area contributed by atoms with Crippen LogP contribution in [0.1, 0.15) is 21.6 Å². The van der Waals surface area contributed by atoms with Crippen LogP contribution in [0.3, 0.4) is 0 Å². The lowest BCUT2D eigenvalue weighted by Crippen LogP contribution is -2.18. The molecule has 0 bridgehead atoms. The van der Waals surface area contributed by atoms with E-state index in [-0.39, 0.29) is 22.9 Å². The summed E-state index contributed by atoms with van der Waals surface area (Å²) in [4.78, 5) is 20.9. The van der Waals surface area contributed by atoms with E-state index in [4.69, 9.17) is 4.74 Å². The summed E-state index contributed by atoms with van der Waals surface area (Å²) >= 11 is 0. The third-order valence-electron chi connectivity index (χ3n) is 4.32. The van der Waals surface area contributed by atoms with Crippen LogP contribution >= 0.6 is 0 Å². The van der Waals surface area contributed by atoms with Crippen LogP contribution in [0, 0.1) is 19.7 Å². The third kappa shape index (κ3) is 5.62. The normalized spacial score (nSPS) is 11.1. The maximum absolute atomic E-state index is 13.4. The third-order valence-corrected chi connectivity index (χ3v) is 4.32. The molecular weight excluding hydrogens is 432 g/mol. The van der Waals surface area contributed by atoms with Gasteiger partial charge in [0.25, 0.3) is 5.91 Å². The molecule has 0 fully saturated rings. The van der Waals surface area contributed by atoms with Crippen LogP contribution in [0.25, 0.3) is 0 Å². The fourth-order valence-electron chi connectivity index (χ4n) is 2.79. The van der Waals surface area contributed by atoms with Gasteiger partial charge in [-0.2, -0.15) is 4.98 Å². The van der Waals surface area contributed by atoms with Crippen LogP contribution in [0.5, 0.6) is 11.8 Å². The zero-order valence-corrected chi connectivity index (χ0v) is 17.2. The summed E-state index contributed by atoms with van der Waals surface area (Å²) in [5.74, 6) is -1.64. The summed E-state index contributed by atoms with van der Waals surface area (Å²) in [6.45, 7) is 3.24. The van der Waals surface area contributed by atoms with Crippen molar-refractivity contribution in [1.29, 1.82) is 0 Å². The number of benzene rings is 2. The predicted octanol–water partition coefficient (Wildman–Crippen LogP) is 5.14. The minimum absolute atomic E-state index is 0.0125. The van der Waals surface area contributed by atoms with Gasteiger partial charge in [-0.25, -0.2) is 9.37 Å². The predicted molar refractivity (Wildman–Crippen MR) is 109 cm³/mol. The summed E-state index contributed by atoms with van der Waals surface area (Å²) in [7, 11) is 1.40. The lowest BCUT2D eigenvalue weighted by atomic mass is 10.1. The molecule has 0 radical (unpaired) electrons. The molecule has 0 saturated heterocycles. The van der Waals surface area contributed by atoms with Crippen molar-refractivity contribution >= 4 is 23.0 Å². The number of carbonyl (C=O) groups is 1. The Hall–Kier alpha value is -3.89. The molecule has 0 aliphatic rings. The minimum Gasteiger partial charge on any atom is -0.467 e. The second kappa shape index (κ2) is 9.08. The van der Waals surface area contributed by atoms with E-state index in [1.54, 1.807) is 13.8 Å². The van der Waals surface area contributed by atoms with E-state index in [0.717, 1.165) is 12.1 Å². The summed E-state index contributed by atoms with van der Waals surface area (Å²) < 4.78 is 60.3. The molecule has 3 aromatic rings. The molecular formula is C21H18F4N4O3. The highest BCUT2D eigenvalue weighted by Gasteiger charge is 2.31. The molecule has 7 nitrogen and oxygen atoms in total. The van der Waals surface area contributed by atoms with Gasteiger partial charge in [-0.05, 0) is 49.7 Å². The Labute approximate surface area is 180 Å². The first-order valence-corrected chi connectivity index (χ1v) is 9.17. The number of hydrogen-bond acceptors (Lipinski definition) is 6. The maximum atomic E-state index is 13.4. The first-order valence-electron chi connectivity index (χ1n) is 9.17. The number of nitrogens with one attached hydrogen (secondary N) is 2. The molecule has 0 spiro atoms. The van der Waals surface area contributed by atoms with Gasteiger partial charge in [0, 0.05) is 11.8 Å². The topological polar surface area (TPSA) is 85.4 Å². The van der Waals surface area contributed by atoms with Gasteiger partial charge in [0.2, 0.25) is 0 Å². The van der Waals surface area contributed by atoms with E-state index in [0.29, 0.717) is 16.9 Å². The number of alkyl halides is 3. The van der Waals surface area contributed by atoms with Crippen molar-refractivity contribution in [2.45, 2.75) is 20.2 Å². The Kier molecular flexibility index (Phi) is 6.47. The molecule has 0 saturated carbocycles. The smallest absolute Gasteiger partial charge is 0.467 e. The largest absolute Gasteiger partial charge is 0.573 e. The lowest BCUT2D eigenvalue weighted by Gasteiger charge is -2.17. The van der Waals surface area contributed by atoms with E-state index in [2.05, 4.69) is 25.3 Å². The van der Waals surface area contributed by atoms with Crippen molar-refractivity contribution in [2.24, 2.45) is 0 Å². The Morgan fingerprint density at radius 3 is 2.41 bits per heavy atom. The molecule has 32 heavy (non-hydrogen) atoms. The van der Waals surface area contributed by atoms with E-state index in [1.165, 1.54) is 37.6 Å². The Morgan fingerprint density at radius 2 is 1.78 bits per heavy atom. The number of aromatic nitrogens is 2. The quantitative estimate of drug-likeness (QED) is 0.506. The molecule has 3 rings (SSSR count). The number of methoxy groups -OCH3 is 1. The average Bonchev–Trinajstić information content (AvgIpc) is 2.70. The molecule has 11 heteroatoms. The van der Waals surface area contributed by atoms with Crippen LogP contribution in [-0.2, 0) is 0 Å². The van der Waals surface area contributed by atoms with Gasteiger partial charge in [0.15, 0.2) is 0 Å². The van der Waals surface area contributed by atoms with Crippen molar-refractivity contribution in [2.75, 3.05) is 17.7 Å². The van der Waals surface area contributed by atoms with Crippen molar-refractivity contribution < 1.29 is 31.8 Å². The van der Waals surface area contributed by atoms with Crippen LogP contribution in [0.15, 0.2) is 42.6 Å². The number of amides is 1. The SMILES string of the molecule is COc1ncc(NC(=O)c2ccc(OC(F)(F)F)cc2Nc2ccc(F)cc2C)c(C)n1. The van der Waals surface area contributed by atoms with Crippen LogP contribution in [-0.4, -0.2) is 29.3 Å². The van der Waals surface area contributed by atoms with Gasteiger partial charge >= 0.3 is 12.4 Å².